The molecule has 0 aliphatic heterocycles. The number of ether oxygens (including phenoxy) is 1. The normalized spacial score (nSPS) is 12.4. The molecule has 2 aromatic heterocycles. The summed E-state index contributed by atoms with van der Waals surface area (Å²) in [5.41, 5.74) is 0.613. The first-order valence-electron chi connectivity index (χ1n) is 5.77. The maximum absolute atomic E-state index is 9.78. The molecular weight excluding hydrogens is 234 g/mol. The van der Waals surface area contributed by atoms with Crippen molar-refractivity contribution in [2.24, 2.45) is 0 Å². The highest BCUT2D eigenvalue weighted by Gasteiger charge is 2.18. The molecule has 6 nitrogen and oxygen atoms in total. The number of rotatable bonds is 5. The topological polar surface area (TPSA) is 81.3 Å². The highest BCUT2D eigenvalue weighted by molar-refractivity contribution is 5.59. The molecule has 6 heteroatoms. The molecule has 0 saturated heterocycles. The van der Waals surface area contributed by atoms with Gasteiger partial charge in [-0.05, 0) is 18.6 Å². The Hall–Kier alpha value is -1.95. The Bertz CT molecular complexity index is 513. The third kappa shape index (κ3) is 2.48. The fourth-order valence-electron chi connectivity index (χ4n) is 1.60. The molecule has 0 spiro atoms. The molecule has 2 aromatic rings. The minimum absolute atomic E-state index is 0.290. The molecule has 18 heavy (non-hydrogen) atoms. The van der Waals surface area contributed by atoms with Gasteiger partial charge in [0.1, 0.15) is 11.7 Å². The van der Waals surface area contributed by atoms with E-state index in [2.05, 4.69) is 15.1 Å². The SMILES string of the molecule is CCCC(O)c1noc(-c2cccnc2OC)n1. The number of pyridine rings is 1. The van der Waals surface area contributed by atoms with Crippen LogP contribution < -0.4 is 4.74 Å². The Kier molecular flexibility index (Phi) is 3.88. The molecule has 0 aromatic carbocycles. The van der Waals surface area contributed by atoms with Crippen LogP contribution in [0.15, 0.2) is 22.9 Å². The molecule has 1 atom stereocenters. The fraction of sp³-hybridized carbons (Fsp3) is 0.417. The molecule has 0 fully saturated rings. The van der Waals surface area contributed by atoms with Gasteiger partial charge in [-0.1, -0.05) is 18.5 Å². The molecular formula is C12H15N3O3. The van der Waals surface area contributed by atoms with Crippen LogP contribution in [0.1, 0.15) is 31.7 Å². The van der Waals surface area contributed by atoms with Crippen LogP contribution in [0, 0.1) is 0 Å². The van der Waals surface area contributed by atoms with Gasteiger partial charge < -0.3 is 14.4 Å². The summed E-state index contributed by atoms with van der Waals surface area (Å²) in [5.74, 6) is 1.00. The molecule has 96 valence electrons. The van der Waals surface area contributed by atoms with E-state index in [1.807, 2.05) is 6.92 Å². The Morgan fingerprint density at radius 3 is 3.06 bits per heavy atom. The van der Waals surface area contributed by atoms with E-state index in [0.29, 0.717) is 23.8 Å². The highest BCUT2D eigenvalue weighted by atomic mass is 16.5. The summed E-state index contributed by atoms with van der Waals surface area (Å²) >= 11 is 0. The van der Waals surface area contributed by atoms with E-state index in [1.165, 1.54) is 7.11 Å². The van der Waals surface area contributed by atoms with Crippen molar-refractivity contribution in [3.05, 3.63) is 24.2 Å². The summed E-state index contributed by atoms with van der Waals surface area (Å²) in [5, 5.41) is 13.5. The number of aromatic nitrogens is 3. The first-order chi connectivity index (χ1) is 8.76. The van der Waals surface area contributed by atoms with Crippen molar-refractivity contribution in [2.75, 3.05) is 7.11 Å². The maximum atomic E-state index is 9.78. The van der Waals surface area contributed by atoms with Gasteiger partial charge >= 0.3 is 0 Å². The molecule has 2 rings (SSSR count). The van der Waals surface area contributed by atoms with Crippen molar-refractivity contribution in [2.45, 2.75) is 25.9 Å². The second-order valence-electron chi connectivity index (χ2n) is 3.82. The van der Waals surface area contributed by atoms with Crippen molar-refractivity contribution in [3.8, 4) is 17.3 Å². The molecule has 0 aliphatic carbocycles. The van der Waals surface area contributed by atoms with Gasteiger partial charge in [0.05, 0.1) is 7.11 Å². The van der Waals surface area contributed by atoms with Crippen molar-refractivity contribution in [3.63, 3.8) is 0 Å². The van der Waals surface area contributed by atoms with Gasteiger partial charge in [0.2, 0.25) is 11.7 Å². The minimum Gasteiger partial charge on any atom is -0.480 e. The zero-order chi connectivity index (χ0) is 13.0. The molecule has 0 bridgehead atoms. The van der Waals surface area contributed by atoms with Crippen molar-refractivity contribution >= 4 is 0 Å². The predicted molar refractivity (Wildman–Crippen MR) is 63.9 cm³/mol. The van der Waals surface area contributed by atoms with E-state index in [-0.39, 0.29) is 5.82 Å². The molecule has 0 aliphatic rings. The predicted octanol–water partition coefficient (Wildman–Crippen LogP) is 1.97. The van der Waals surface area contributed by atoms with E-state index in [1.54, 1.807) is 18.3 Å². The molecule has 1 unspecified atom stereocenters. The maximum Gasteiger partial charge on any atom is 0.263 e. The fourth-order valence-corrected chi connectivity index (χ4v) is 1.60. The van der Waals surface area contributed by atoms with E-state index in [0.717, 1.165) is 6.42 Å². The van der Waals surface area contributed by atoms with Gasteiger partial charge in [0.25, 0.3) is 5.89 Å². The van der Waals surface area contributed by atoms with E-state index in [4.69, 9.17) is 9.26 Å². The summed E-state index contributed by atoms with van der Waals surface area (Å²) in [4.78, 5) is 8.21. The first-order valence-corrected chi connectivity index (χ1v) is 5.77. The first kappa shape index (κ1) is 12.5. The Morgan fingerprint density at radius 1 is 1.50 bits per heavy atom. The smallest absolute Gasteiger partial charge is 0.263 e. The zero-order valence-electron chi connectivity index (χ0n) is 10.3. The molecule has 0 amide bonds. The molecule has 0 saturated carbocycles. The number of methoxy groups -OCH3 is 1. The summed E-state index contributed by atoms with van der Waals surface area (Å²) in [6.45, 7) is 1.98. The van der Waals surface area contributed by atoms with Gasteiger partial charge in [0.15, 0.2) is 0 Å². The lowest BCUT2D eigenvalue weighted by Crippen LogP contribution is -1.99. The summed E-state index contributed by atoms with van der Waals surface area (Å²) in [6.07, 6.45) is 2.37. The van der Waals surface area contributed by atoms with Crippen LogP contribution in [-0.2, 0) is 0 Å². The van der Waals surface area contributed by atoms with Crippen LogP contribution in [-0.4, -0.2) is 27.3 Å². The second kappa shape index (κ2) is 5.59. The van der Waals surface area contributed by atoms with E-state index < -0.39 is 6.10 Å². The highest BCUT2D eigenvalue weighted by Crippen LogP contribution is 2.27. The van der Waals surface area contributed by atoms with Gasteiger partial charge in [-0.25, -0.2) is 4.98 Å². The lowest BCUT2D eigenvalue weighted by atomic mass is 10.2. The summed E-state index contributed by atoms with van der Waals surface area (Å²) in [7, 11) is 1.52. The van der Waals surface area contributed by atoms with Crippen LogP contribution >= 0.6 is 0 Å². The van der Waals surface area contributed by atoms with Gasteiger partial charge in [-0.2, -0.15) is 4.98 Å². The average Bonchev–Trinajstić information content (AvgIpc) is 2.88. The lowest BCUT2D eigenvalue weighted by Gasteiger charge is -2.02. The van der Waals surface area contributed by atoms with Crippen molar-refractivity contribution in [1.29, 1.82) is 0 Å². The zero-order valence-corrected chi connectivity index (χ0v) is 10.3. The number of nitrogens with zero attached hydrogens (tertiary/aromatic N) is 3. The summed E-state index contributed by atoms with van der Waals surface area (Å²) in [6, 6.07) is 3.53. The monoisotopic (exact) mass is 249 g/mol. The number of hydrogen-bond acceptors (Lipinski definition) is 6. The van der Waals surface area contributed by atoms with Crippen molar-refractivity contribution in [1.82, 2.24) is 15.1 Å². The van der Waals surface area contributed by atoms with Crippen LogP contribution in [0.3, 0.4) is 0 Å². The second-order valence-corrected chi connectivity index (χ2v) is 3.82. The number of aliphatic hydroxyl groups excluding tert-OH is 1. The van der Waals surface area contributed by atoms with Gasteiger partial charge in [-0.15, -0.1) is 0 Å². The van der Waals surface area contributed by atoms with Gasteiger partial charge in [-0.3, -0.25) is 0 Å². The Labute approximate surface area is 105 Å². The molecule has 2 heterocycles. The van der Waals surface area contributed by atoms with Crippen LogP contribution in [0.5, 0.6) is 5.88 Å². The minimum atomic E-state index is -0.699. The van der Waals surface area contributed by atoms with Gasteiger partial charge in [0, 0.05) is 6.20 Å². The third-order valence-electron chi connectivity index (χ3n) is 2.50. The molecule has 0 radical (unpaired) electrons. The lowest BCUT2D eigenvalue weighted by molar-refractivity contribution is 0.153. The third-order valence-corrected chi connectivity index (χ3v) is 2.50. The van der Waals surface area contributed by atoms with E-state index >= 15 is 0 Å². The van der Waals surface area contributed by atoms with Crippen LogP contribution in [0.25, 0.3) is 11.5 Å². The average molecular weight is 249 g/mol. The van der Waals surface area contributed by atoms with Crippen LogP contribution in [0.4, 0.5) is 0 Å². The number of aliphatic hydroxyl groups is 1. The summed E-state index contributed by atoms with van der Waals surface area (Å²) < 4.78 is 10.2. The molecule has 1 N–H and O–H groups in total. The quantitative estimate of drug-likeness (QED) is 0.872. The Balaban J connectivity index is 2.29. The number of hydrogen-bond donors (Lipinski definition) is 1. The largest absolute Gasteiger partial charge is 0.480 e. The van der Waals surface area contributed by atoms with E-state index in [9.17, 15) is 5.11 Å². The Morgan fingerprint density at radius 2 is 2.33 bits per heavy atom. The van der Waals surface area contributed by atoms with Crippen molar-refractivity contribution < 1.29 is 14.4 Å². The standard InChI is InChI=1S/C12H15N3O3/c1-3-5-9(16)10-14-12(18-15-10)8-6-4-7-13-11(8)17-2/h4,6-7,9,16H,3,5H2,1-2H3. The van der Waals surface area contributed by atoms with Crippen LogP contribution in [0.2, 0.25) is 0 Å².